The summed E-state index contributed by atoms with van der Waals surface area (Å²) in [7, 11) is 0. The van der Waals surface area contributed by atoms with E-state index in [0.717, 1.165) is 24.2 Å². The van der Waals surface area contributed by atoms with Crippen LogP contribution in [-0.4, -0.2) is 27.9 Å². The number of anilines is 1. The first-order valence-electron chi connectivity index (χ1n) is 9.22. The van der Waals surface area contributed by atoms with Crippen molar-refractivity contribution in [3.8, 4) is 0 Å². The number of para-hydroxylation sites is 2. The van der Waals surface area contributed by atoms with E-state index in [-0.39, 0.29) is 23.9 Å². The number of fused-ring (bicyclic) bond motifs is 1. The minimum absolute atomic E-state index is 0.0672. The molecule has 0 aliphatic carbocycles. The average Bonchev–Trinajstić information content (AvgIpc) is 3.15. The van der Waals surface area contributed by atoms with Crippen LogP contribution >= 0.6 is 0 Å². The summed E-state index contributed by atoms with van der Waals surface area (Å²) >= 11 is 0. The molecule has 2 amide bonds. The van der Waals surface area contributed by atoms with Crippen molar-refractivity contribution in [2.75, 3.05) is 11.4 Å². The fourth-order valence-electron chi connectivity index (χ4n) is 3.39. The number of nitrogens with zero attached hydrogens (tertiary/aromatic N) is 3. The Hall–Kier alpha value is -3.48. The summed E-state index contributed by atoms with van der Waals surface area (Å²) < 4.78 is 1.42. The van der Waals surface area contributed by atoms with Crippen LogP contribution in [0.25, 0.3) is 11.0 Å². The Kier molecular flexibility index (Phi) is 4.89. The number of hydrogen-bond donors (Lipinski definition) is 1. The molecule has 0 radical (unpaired) electrons. The molecule has 4 rings (SSSR count). The first-order valence-corrected chi connectivity index (χ1v) is 9.22. The monoisotopic (exact) mass is 376 g/mol. The predicted octanol–water partition coefficient (Wildman–Crippen LogP) is 1.84. The minimum Gasteiger partial charge on any atom is -0.350 e. The van der Waals surface area contributed by atoms with Crippen LogP contribution in [0.4, 0.5) is 5.69 Å². The summed E-state index contributed by atoms with van der Waals surface area (Å²) in [4.78, 5) is 42.2. The highest BCUT2D eigenvalue weighted by Gasteiger charge is 2.21. The Balaban J connectivity index is 1.41. The molecule has 2 heterocycles. The van der Waals surface area contributed by atoms with Gasteiger partial charge in [0.1, 0.15) is 6.54 Å². The van der Waals surface area contributed by atoms with E-state index in [9.17, 15) is 14.4 Å². The van der Waals surface area contributed by atoms with E-state index < -0.39 is 0 Å². The lowest BCUT2D eigenvalue weighted by Crippen LogP contribution is -2.32. The fourth-order valence-corrected chi connectivity index (χ4v) is 3.39. The number of rotatable bonds is 5. The zero-order chi connectivity index (χ0) is 19.5. The van der Waals surface area contributed by atoms with E-state index in [2.05, 4.69) is 10.3 Å². The second kappa shape index (κ2) is 7.64. The Morgan fingerprint density at radius 2 is 1.86 bits per heavy atom. The third-order valence-electron chi connectivity index (χ3n) is 4.87. The van der Waals surface area contributed by atoms with Crippen LogP contribution in [0, 0.1) is 0 Å². The van der Waals surface area contributed by atoms with Crippen molar-refractivity contribution in [3.05, 3.63) is 70.6 Å². The van der Waals surface area contributed by atoms with Gasteiger partial charge in [-0.15, -0.1) is 0 Å². The van der Waals surface area contributed by atoms with Crippen molar-refractivity contribution in [1.29, 1.82) is 0 Å². The topological polar surface area (TPSA) is 84.3 Å². The van der Waals surface area contributed by atoms with Crippen LogP contribution in [0.3, 0.4) is 0 Å². The highest BCUT2D eigenvalue weighted by Crippen LogP contribution is 2.21. The predicted molar refractivity (Wildman–Crippen MR) is 106 cm³/mol. The molecule has 1 aliphatic rings. The lowest BCUT2D eigenvalue weighted by molar-refractivity contribution is -0.121. The molecule has 2 aromatic carbocycles. The van der Waals surface area contributed by atoms with E-state index >= 15 is 0 Å². The van der Waals surface area contributed by atoms with Crippen LogP contribution in [0.15, 0.2) is 59.5 Å². The van der Waals surface area contributed by atoms with Gasteiger partial charge in [-0.25, -0.2) is 4.98 Å². The molecule has 0 unspecified atom stereocenters. The number of nitrogens with one attached hydrogen (secondary N) is 1. The Labute approximate surface area is 161 Å². The summed E-state index contributed by atoms with van der Waals surface area (Å²) in [5.74, 6) is -0.103. The van der Waals surface area contributed by atoms with E-state index in [1.165, 1.54) is 10.8 Å². The van der Waals surface area contributed by atoms with Gasteiger partial charge in [0.05, 0.1) is 17.2 Å². The molecule has 7 heteroatoms. The molecule has 1 fully saturated rings. The van der Waals surface area contributed by atoms with Crippen LogP contribution in [0.2, 0.25) is 0 Å². The molecule has 0 spiro atoms. The second-order valence-electron chi connectivity index (χ2n) is 6.76. The average molecular weight is 376 g/mol. The van der Waals surface area contributed by atoms with Gasteiger partial charge in [-0.3, -0.25) is 19.0 Å². The van der Waals surface area contributed by atoms with Crippen LogP contribution in [-0.2, 0) is 22.7 Å². The van der Waals surface area contributed by atoms with E-state index in [4.69, 9.17) is 0 Å². The first-order chi connectivity index (χ1) is 13.6. The molecular formula is C21H20N4O3. The highest BCUT2D eigenvalue weighted by molar-refractivity contribution is 5.95. The molecule has 3 aromatic rings. The Morgan fingerprint density at radius 3 is 2.61 bits per heavy atom. The van der Waals surface area contributed by atoms with Crippen molar-refractivity contribution in [3.63, 3.8) is 0 Å². The smallest absolute Gasteiger partial charge is 0.269 e. The summed E-state index contributed by atoms with van der Waals surface area (Å²) in [6, 6.07) is 14.8. The quantitative estimate of drug-likeness (QED) is 0.736. The molecular weight excluding hydrogens is 356 g/mol. The SMILES string of the molecule is O=C(Cn1c(=O)cnc2ccccc21)NCc1ccc(N2CCCC2=O)cc1. The molecule has 1 aromatic heterocycles. The van der Waals surface area contributed by atoms with Gasteiger partial charge in [0.15, 0.2) is 0 Å². The number of carbonyl (C=O) groups excluding carboxylic acids is 2. The maximum Gasteiger partial charge on any atom is 0.269 e. The third kappa shape index (κ3) is 3.64. The number of hydrogen-bond acceptors (Lipinski definition) is 4. The molecule has 0 atom stereocenters. The summed E-state index contributed by atoms with van der Waals surface area (Å²) in [5, 5.41) is 2.84. The van der Waals surface area contributed by atoms with E-state index in [1.807, 2.05) is 36.4 Å². The highest BCUT2D eigenvalue weighted by atomic mass is 16.2. The molecule has 1 saturated heterocycles. The summed E-state index contributed by atoms with van der Waals surface area (Å²) in [5.41, 5.74) is 2.79. The van der Waals surface area contributed by atoms with Gasteiger partial charge in [-0.2, -0.15) is 0 Å². The first kappa shape index (κ1) is 17.9. The maximum atomic E-state index is 12.4. The molecule has 7 nitrogen and oxygen atoms in total. The van der Waals surface area contributed by atoms with Gasteiger partial charge in [0.25, 0.3) is 5.56 Å². The van der Waals surface area contributed by atoms with Gasteiger partial charge in [0.2, 0.25) is 11.8 Å². The van der Waals surface area contributed by atoms with Crippen molar-refractivity contribution in [2.24, 2.45) is 0 Å². The van der Waals surface area contributed by atoms with Crippen LogP contribution < -0.4 is 15.8 Å². The van der Waals surface area contributed by atoms with Gasteiger partial charge in [0, 0.05) is 25.2 Å². The zero-order valence-corrected chi connectivity index (χ0v) is 15.3. The normalized spacial score (nSPS) is 13.9. The fraction of sp³-hybridized carbons (Fsp3) is 0.238. The van der Waals surface area contributed by atoms with Crippen molar-refractivity contribution in [1.82, 2.24) is 14.9 Å². The van der Waals surface area contributed by atoms with Crippen molar-refractivity contribution < 1.29 is 9.59 Å². The largest absolute Gasteiger partial charge is 0.350 e. The zero-order valence-electron chi connectivity index (χ0n) is 15.3. The molecule has 28 heavy (non-hydrogen) atoms. The number of amides is 2. The van der Waals surface area contributed by atoms with E-state index in [1.54, 1.807) is 17.0 Å². The van der Waals surface area contributed by atoms with Crippen molar-refractivity contribution in [2.45, 2.75) is 25.9 Å². The van der Waals surface area contributed by atoms with Gasteiger partial charge >= 0.3 is 0 Å². The molecule has 142 valence electrons. The number of aromatic nitrogens is 2. The van der Waals surface area contributed by atoms with E-state index in [0.29, 0.717) is 24.0 Å². The van der Waals surface area contributed by atoms with Gasteiger partial charge in [-0.05, 0) is 36.2 Å². The van der Waals surface area contributed by atoms with Crippen LogP contribution in [0.5, 0.6) is 0 Å². The Bertz CT molecular complexity index is 1090. The molecule has 0 bridgehead atoms. The molecule has 0 saturated carbocycles. The minimum atomic E-state index is -0.312. The maximum absolute atomic E-state index is 12.4. The van der Waals surface area contributed by atoms with Gasteiger partial charge in [-0.1, -0.05) is 24.3 Å². The van der Waals surface area contributed by atoms with Gasteiger partial charge < -0.3 is 10.2 Å². The van der Waals surface area contributed by atoms with Crippen LogP contribution in [0.1, 0.15) is 18.4 Å². The summed E-state index contributed by atoms with van der Waals surface area (Å²) in [6.07, 6.45) is 2.72. The summed E-state index contributed by atoms with van der Waals surface area (Å²) in [6.45, 7) is 1.04. The third-order valence-corrected chi connectivity index (χ3v) is 4.87. The standard InChI is InChI=1S/C21H20N4O3/c26-19(14-25-18-5-2-1-4-17(18)22-13-21(25)28)23-12-15-7-9-16(10-8-15)24-11-3-6-20(24)27/h1-2,4-5,7-10,13H,3,6,11-12,14H2,(H,23,26). The lowest BCUT2D eigenvalue weighted by atomic mass is 10.2. The van der Waals surface area contributed by atoms with Crippen molar-refractivity contribution >= 4 is 28.5 Å². The number of benzene rings is 2. The molecule has 1 aliphatic heterocycles. The number of carbonyl (C=O) groups is 2. The Morgan fingerprint density at radius 1 is 1.07 bits per heavy atom. The molecule has 1 N–H and O–H groups in total. The lowest BCUT2D eigenvalue weighted by Gasteiger charge is -2.16. The second-order valence-corrected chi connectivity index (χ2v) is 6.76.